The zero-order chi connectivity index (χ0) is 12.0. The fourth-order valence-electron chi connectivity index (χ4n) is 3.48. The Morgan fingerprint density at radius 3 is 2.61 bits per heavy atom. The van der Waals surface area contributed by atoms with E-state index in [9.17, 15) is 0 Å². The van der Waals surface area contributed by atoms with Crippen LogP contribution < -0.4 is 0 Å². The van der Waals surface area contributed by atoms with Crippen LogP contribution >= 0.6 is 0 Å². The van der Waals surface area contributed by atoms with E-state index in [0.717, 1.165) is 45.8 Å². The summed E-state index contributed by atoms with van der Waals surface area (Å²) in [5.41, 5.74) is 2.84. The van der Waals surface area contributed by atoms with Crippen molar-refractivity contribution in [2.75, 3.05) is 26.3 Å². The highest BCUT2D eigenvalue weighted by molar-refractivity contribution is 5.35. The zero-order valence-corrected chi connectivity index (χ0v) is 10.6. The van der Waals surface area contributed by atoms with Crippen molar-refractivity contribution in [3.8, 4) is 0 Å². The maximum atomic E-state index is 6.17. The lowest BCUT2D eigenvalue weighted by Gasteiger charge is -2.45. The summed E-state index contributed by atoms with van der Waals surface area (Å²) in [5, 5.41) is 0. The third-order valence-corrected chi connectivity index (χ3v) is 4.75. The van der Waals surface area contributed by atoms with E-state index < -0.39 is 0 Å². The smallest absolute Gasteiger partial charge is 0.0963 e. The van der Waals surface area contributed by atoms with Crippen LogP contribution in [0.15, 0.2) is 24.3 Å². The predicted molar refractivity (Wildman–Crippen MR) is 68.3 cm³/mol. The molecule has 3 nitrogen and oxygen atoms in total. The average molecular weight is 245 g/mol. The molecule has 0 aliphatic carbocycles. The number of hydrogen-bond donors (Lipinski definition) is 0. The van der Waals surface area contributed by atoms with Crippen LogP contribution in [0.1, 0.15) is 24.0 Å². The molecule has 0 N–H and O–H groups in total. The summed E-state index contributed by atoms with van der Waals surface area (Å²) < 4.78 is 11.5. The van der Waals surface area contributed by atoms with Gasteiger partial charge in [-0.2, -0.15) is 0 Å². The normalized spacial score (nSPS) is 27.1. The van der Waals surface area contributed by atoms with E-state index in [-0.39, 0.29) is 5.60 Å². The third-order valence-electron chi connectivity index (χ3n) is 4.75. The molecule has 0 radical (unpaired) electrons. The first-order chi connectivity index (χ1) is 8.87. The summed E-state index contributed by atoms with van der Waals surface area (Å²) in [6.45, 7) is 4.92. The van der Waals surface area contributed by atoms with Crippen LogP contribution in [0.25, 0.3) is 0 Å². The third kappa shape index (κ3) is 1.54. The summed E-state index contributed by atoms with van der Waals surface area (Å²) in [5.74, 6) is 0. The fourth-order valence-corrected chi connectivity index (χ4v) is 3.48. The summed E-state index contributed by atoms with van der Waals surface area (Å²) in [6, 6.07) is 9.38. The van der Waals surface area contributed by atoms with Crippen molar-refractivity contribution in [1.29, 1.82) is 0 Å². The van der Waals surface area contributed by atoms with Crippen LogP contribution in [0.3, 0.4) is 0 Å². The molecule has 3 aliphatic heterocycles. The molecule has 2 saturated heterocycles. The highest BCUT2D eigenvalue weighted by Gasteiger charge is 2.43. The van der Waals surface area contributed by atoms with E-state index in [4.69, 9.17) is 9.47 Å². The molecule has 1 spiro atoms. The number of piperidine rings is 1. The highest BCUT2D eigenvalue weighted by Crippen LogP contribution is 2.44. The fraction of sp³-hybridized carbons (Fsp3) is 0.600. The van der Waals surface area contributed by atoms with Crippen molar-refractivity contribution in [2.24, 2.45) is 0 Å². The molecule has 0 atom stereocenters. The van der Waals surface area contributed by atoms with Gasteiger partial charge in [0, 0.05) is 13.1 Å². The largest absolute Gasteiger partial charge is 0.378 e. The van der Waals surface area contributed by atoms with Crippen molar-refractivity contribution in [2.45, 2.75) is 31.1 Å². The molecule has 2 fully saturated rings. The highest BCUT2D eigenvalue weighted by atomic mass is 16.5. The molecule has 1 aromatic rings. The van der Waals surface area contributed by atoms with Crippen molar-refractivity contribution in [3.63, 3.8) is 0 Å². The standard InChI is InChI=1S/C15H19NO2/c1-2-4-14-12(3-1)9-18-15(14)5-7-16(8-6-15)13-10-17-11-13/h1-4,13H,5-11H2. The molecule has 18 heavy (non-hydrogen) atoms. The van der Waals surface area contributed by atoms with Crippen molar-refractivity contribution in [1.82, 2.24) is 4.90 Å². The van der Waals surface area contributed by atoms with E-state index in [2.05, 4.69) is 29.2 Å². The Morgan fingerprint density at radius 2 is 1.89 bits per heavy atom. The summed E-state index contributed by atoms with van der Waals surface area (Å²) in [6.07, 6.45) is 2.25. The number of rotatable bonds is 1. The van der Waals surface area contributed by atoms with Gasteiger partial charge in [-0.15, -0.1) is 0 Å². The molecular weight excluding hydrogens is 226 g/mol. The van der Waals surface area contributed by atoms with Gasteiger partial charge in [0.25, 0.3) is 0 Å². The number of benzene rings is 1. The van der Waals surface area contributed by atoms with E-state index in [0.29, 0.717) is 6.04 Å². The molecule has 1 aromatic carbocycles. The van der Waals surface area contributed by atoms with Gasteiger partial charge in [-0.05, 0) is 24.0 Å². The van der Waals surface area contributed by atoms with E-state index in [1.165, 1.54) is 11.1 Å². The molecule has 3 heterocycles. The lowest BCUT2D eigenvalue weighted by molar-refractivity contribution is -0.119. The molecule has 4 rings (SSSR count). The quantitative estimate of drug-likeness (QED) is 0.754. The number of fused-ring (bicyclic) bond motifs is 2. The molecule has 0 bridgehead atoms. The molecule has 3 aliphatic rings. The summed E-state index contributed by atoms with van der Waals surface area (Å²) in [4.78, 5) is 2.57. The monoisotopic (exact) mass is 245 g/mol. The second kappa shape index (κ2) is 4.05. The van der Waals surface area contributed by atoms with Crippen LogP contribution in [0.2, 0.25) is 0 Å². The van der Waals surface area contributed by atoms with Gasteiger partial charge in [0.2, 0.25) is 0 Å². The lowest BCUT2D eigenvalue weighted by Crippen LogP contribution is -2.54. The number of likely N-dealkylation sites (tertiary alicyclic amines) is 1. The summed E-state index contributed by atoms with van der Waals surface area (Å²) in [7, 11) is 0. The summed E-state index contributed by atoms with van der Waals surface area (Å²) >= 11 is 0. The van der Waals surface area contributed by atoms with Gasteiger partial charge < -0.3 is 9.47 Å². The van der Waals surface area contributed by atoms with Crippen LogP contribution in [-0.2, 0) is 21.7 Å². The maximum absolute atomic E-state index is 6.17. The van der Waals surface area contributed by atoms with Crippen LogP contribution in [0.4, 0.5) is 0 Å². The van der Waals surface area contributed by atoms with Crippen LogP contribution in [0, 0.1) is 0 Å². The van der Waals surface area contributed by atoms with Gasteiger partial charge in [0.1, 0.15) is 0 Å². The Labute approximate surface area is 108 Å². The molecule has 0 saturated carbocycles. The Hall–Kier alpha value is -0.900. The van der Waals surface area contributed by atoms with Gasteiger partial charge in [-0.1, -0.05) is 24.3 Å². The zero-order valence-electron chi connectivity index (χ0n) is 10.6. The lowest BCUT2D eigenvalue weighted by atomic mass is 9.83. The first-order valence-electron chi connectivity index (χ1n) is 6.92. The second-order valence-electron chi connectivity index (χ2n) is 5.67. The Bertz CT molecular complexity index is 448. The molecule has 96 valence electrons. The Morgan fingerprint density at radius 1 is 1.11 bits per heavy atom. The van der Waals surface area contributed by atoms with E-state index in [1.54, 1.807) is 0 Å². The van der Waals surface area contributed by atoms with Gasteiger partial charge in [0.05, 0.1) is 31.5 Å². The minimum Gasteiger partial charge on any atom is -0.378 e. The minimum absolute atomic E-state index is 0.0116. The SMILES string of the molecule is c1ccc2c(c1)COC21CCN(C2COC2)CC1. The average Bonchev–Trinajstić information content (AvgIpc) is 2.70. The number of nitrogens with zero attached hydrogens (tertiary/aromatic N) is 1. The molecule has 3 heteroatoms. The van der Waals surface area contributed by atoms with Crippen LogP contribution in [-0.4, -0.2) is 37.2 Å². The van der Waals surface area contributed by atoms with Crippen molar-refractivity contribution in [3.05, 3.63) is 35.4 Å². The van der Waals surface area contributed by atoms with Crippen LogP contribution in [0.5, 0.6) is 0 Å². The van der Waals surface area contributed by atoms with Crippen molar-refractivity contribution >= 4 is 0 Å². The minimum atomic E-state index is 0.0116. The molecule has 0 unspecified atom stereocenters. The number of hydrogen-bond acceptors (Lipinski definition) is 3. The molecule has 0 aromatic heterocycles. The number of ether oxygens (including phenoxy) is 2. The van der Waals surface area contributed by atoms with E-state index in [1.807, 2.05) is 0 Å². The van der Waals surface area contributed by atoms with Gasteiger partial charge in [0.15, 0.2) is 0 Å². The van der Waals surface area contributed by atoms with Gasteiger partial charge in [-0.3, -0.25) is 4.90 Å². The first kappa shape index (κ1) is 11.0. The topological polar surface area (TPSA) is 21.7 Å². The molecule has 0 amide bonds. The van der Waals surface area contributed by atoms with Gasteiger partial charge in [-0.25, -0.2) is 0 Å². The van der Waals surface area contributed by atoms with Gasteiger partial charge >= 0.3 is 0 Å². The Kier molecular flexibility index (Phi) is 2.47. The second-order valence-corrected chi connectivity index (χ2v) is 5.67. The first-order valence-corrected chi connectivity index (χ1v) is 6.92. The van der Waals surface area contributed by atoms with E-state index >= 15 is 0 Å². The Balaban J connectivity index is 1.53. The maximum Gasteiger partial charge on any atom is 0.0963 e. The predicted octanol–water partition coefficient (Wildman–Crippen LogP) is 1.91. The van der Waals surface area contributed by atoms with Crippen molar-refractivity contribution < 1.29 is 9.47 Å². The molecular formula is C15H19NO2.